The molecular weight excluding hydrogens is 523 g/mol. The van der Waals surface area contributed by atoms with Crippen LogP contribution in [-0.4, -0.2) is 34.8 Å². The standard InChI is InChI=1S/C23H24BrCl3N2O2/c1-23(15-16-6-8-17(24)9-7-16)21(30)29(20-13-18(26)12-19(27)14-20)22(31)28(23)11-5-3-2-4-10-25/h6-9,12-14H,2-5,10-11,15H2,1H3. The van der Waals surface area contributed by atoms with E-state index >= 15 is 0 Å². The molecule has 1 heterocycles. The predicted molar refractivity (Wildman–Crippen MR) is 131 cm³/mol. The van der Waals surface area contributed by atoms with Crippen molar-refractivity contribution in [1.82, 2.24) is 4.90 Å². The molecule has 0 aromatic heterocycles. The van der Waals surface area contributed by atoms with Gasteiger partial charge in [-0.2, -0.15) is 0 Å². The molecule has 4 nitrogen and oxygen atoms in total. The first-order valence-electron chi connectivity index (χ1n) is 10.2. The zero-order chi connectivity index (χ0) is 22.6. The highest BCUT2D eigenvalue weighted by Gasteiger charge is 2.54. The molecule has 0 N–H and O–H groups in total. The van der Waals surface area contributed by atoms with Gasteiger partial charge in [-0.1, -0.05) is 64.1 Å². The van der Waals surface area contributed by atoms with E-state index in [2.05, 4.69) is 15.9 Å². The van der Waals surface area contributed by atoms with Gasteiger partial charge < -0.3 is 4.90 Å². The van der Waals surface area contributed by atoms with E-state index in [0.29, 0.717) is 34.6 Å². The van der Waals surface area contributed by atoms with E-state index in [9.17, 15) is 9.59 Å². The SMILES string of the molecule is CC1(Cc2ccc(Br)cc2)C(=O)N(c2cc(Cl)cc(Cl)c2)C(=O)N1CCCCCCCl. The van der Waals surface area contributed by atoms with Gasteiger partial charge in [-0.25, -0.2) is 9.69 Å². The van der Waals surface area contributed by atoms with Crippen molar-refractivity contribution in [2.75, 3.05) is 17.3 Å². The van der Waals surface area contributed by atoms with Crippen molar-refractivity contribution in [3.63, 3.8) is 0 Å². The van der Waals surface area contributed by atoms with Crippen LogP contribution in [0.5, 0.6) is 0 Å². The highest BCUT2D eigenvalue weighted by molar-refractivity contribution is 9.10. The first-order chi connectivity index (χ1) is 14.8. The number of rotatable bonds is 9. The molecule has 2 aromatic carbocycles. The molecule has 8 heteroatoms. The summed E-state index contributed by atoms with van der Waals surface area (Å²) >= 11 is 21.5. The molecular formula is C23H24BrCl3N2O2. The van der Waals surface area contributed by atoms with Gasteiger partial charge in [-0.15, -0.1) is 11.6 Å². The van der Waals surface area contributed by atoms with Gasteiger partial charge in [0.1, 0.15) is 5.54 Å². The minimum atomic E-state index is -1.01. The number of alkyl halides is 1. The lowest BCUT2D eigenvalue weighted by Gasteiger charge is -2.32. The Balaban J connectivity index is 1.92. The van der Waals surface area contributed by atoms with E-state index in [1.165, 1.54) is 4.90 Å². The maximum Gasteiger partial charge on any atom is 0.332 e. The number of hydrogen-bond acceptors (Lipinski definition) is 2. The van der Waals surface area contributed by atoms with Crippen LogP contribution in [0.3, 0.4) is 0 Å². The van der Waals surface area contributed by atoms with Gasteiger partial charge in [0.05, 0.1) is 5.69 Å². The number of carbonyl (C=O) groups is 2. The zero-order valence-electron chi connectivity index (χ0n) is 17.2. The minimum Gasteiger partial charge on any atom is -0.309 e. The summed E-state index contributed by atoms with van der Waals surface area (Å²) in [5.41, 5.74) is 0.357. The molecule has 0 radical (unpaired) electrons. The third-order valence-electron chi connectivity index (χ3n) is 5.51. The maximum atomic E-state index is 13.6. The summed E-state index contributed by atoms with van der Waals surface area (Å²) in [6, 6.07) is 12.2. The Hall–Kier alpha value is -1.27. The number of carbonyl (C=O) groups excluding carboxylic acids is 2. The third-order valence-corrected chi connectivity index (χ3v) is 6.75. The highest BCUT2D eigenvalue weighted by Crippen LogP contribution is 2.37. The summed E-state index contributed by atoms with van der Waals surface area (Å²) in [6.07, 6.45) is 4.10. The number of unbranched alkanes of at least 4 members (excludes halogenated alkanes) is 3. The average Bonchev–Trinajstić information content (AvgIpc) is 2.89. The Morgan fingerprint density at radius 1 is 0.935 bits per heavy atom. The van der Waals surface area contributed by atoms with E-state index in [0.717, 1.165) is 35.7 Å². The summed E-state index contributed by atoms with van der Waals surface area (Å²) in [5.74, 6) is 0.352. The molecule has 1 aliphatic heterocycles. The van der Waals surface area contributed by atoms with Crippen molar-refractivity contribution in [3.05, 3.63) is 62.5 Å². The first-order valence-corrected chi connectivity index (χ1v) is 12.3. The van der Waals surface area contributed by atoms with Gasteiger partial charge in [-0.3, -0.25) is 4.79 Å². The fourth-order valence-corrected chi connectivity index (χ4v) is 4.87. The molecule has 2 aromatic rings. The summed E-state index contributed by atoms with van der Waals surface area (Å²) in [5, 5.41) is 0.745. The average molecular weight is 547 g/mol. The Labute approximate surface area is 206 Å². The normalized spacial score (nSPS) is 18.9. The first kappa shape index (κ1) is 24.4. The molecule has 0 saturated carbocycles. The largest absolute Gasteiger partial charge is 0.332 e. The highest BCUT2D eigenvalue weighted by atomic mass is 79.9. The van der Waals surface area contributed by atoms with E-state index in [-0.39, 0.29) is 11.9 Å². The third kappa shape index (κ3) is 5.57. The summed E-state index contributed by atoms with van der Waals surface area (Å²) in [7, 11) is 0. The number of amides is 3. The van der Waals surface area contributed by atoms with Gasteiger partial charge in [0.15, 0.2) is 0 Å². The van der Waals surface area contributed by atoms with Crippen LogP contribution in [-0.2, 0) is 11.2 Å². The van der Waals surface area contributed by atoms with Crippen molar-refractivity contribution >= 4 is 68.4 Å². The lowest BCUT2D eigenvalue weighted by molar-refractivity contribution is -0.124. The number of nitrogens with zero attached hydrogens (tertiary/aromatic N) is 2. The van der Waals surface area contributed by atoms with E-state index < -0.39 is 5.54 Å². The summed E-state index contributed by atoms with van der Waals surface area (Å²) in [4.78, 5) is 30.0. The molecule has 1 aliphatic rings. The van der Waals surface area contributed by atoms with Crippen LogP contribution in [0.1, 0.15) is 38.2 Å². The molecule has 0 aliphatic carbocycles. The molecule has 31 heavy (non-hydrogen) atoms. The van der Waals surface area contributed by atoms with Gasteiger partial charge in [0.2, 0.25) is 0 Å². The Bertz CT molecular complexity index is 934. The van der Waals surface area contributed by atoms with E-state index in [1.807, 2.05) is 31.2 Å². The smallest absolute Gasteiger partial charge is 0.309 e. The fourth-order valence-electron chi connectivity index (χ4n) is 3.90. The molecule has 166 valence electrons. The number of benzene rings is 2. The minimum absolute atomic E-state index is 0.278. The molecule has 3 rings (SSSR count). The number of hydrogen-bond donors (Lipinski definition) is 0. The van der Waals surface area contributed by atoms with Crippen molar-refractivity contribution < 1.29 is 9.59 Å². The number of urea groups is 1. The number of halogens is 4. The predicted octanol–water partition coefficient (Wildman–Crippen LogP) is 7.33. The second kappa shape index (κ2) is 10.6. The van der Waals surface area contributed by atoms with Crippen molar-refractivity contribution in [2.24, 2.45) is 0 Å². The summed E-state index contributed by atoms with van der Waals surface area (Å²) in [6.45, 7) is 2.32. The second-order valence-electron chi connectivity index (χ2n) is 7.88. The number of imide groups is 1. The van der Waals surface area contributed by atoms with Crippen molar-refractivity contribution in [1.29, 1.82) is 0 Å². The van der Waals surface area contributed by atoms with Crippen LogP contribution in [0.4, 0.5) is 10.5 Å². The quantitative estimate of drug-likeness (QED) is 0.188. The fraction of sp³-hybridized carbons (Fsp3) is 0.391. The van der Waals surface area contributed by atoms with Crippen LogP contribution in [0.2, 0.25) is 10.0 Å². The second-order valence-corrected chi connectivity index (χ2v) is 10.0. The Morgan fingerprint density at radius 2 is 1.55 bits per heavy atom. The van der Waals surface area contributed by atoms with Crippen LogP contribution >= 0.6 is 50.7 Å². The molecule has 0 spiro atoms. The van der Waals surface area contributed by atoms with Crippen LogP contribution in [0.15, 0.2) is 46.9 Å². The maximum absolute atomic E-state index is 13.6. The monoisotopic (exact) mass is 544 g/mol. The molecule has 1 saturated heterocycles. The topological polar surface area (TPSA) is 40.6 Å². The van der Waals surface area contributed by atoms with Gasteiger partial charge in [0.25, 0.3) is 5.91 Å². The van der Waals surface area contributed by atoms with E-state index in [4.69, 9.17) is 34.8 Å². The molecule has 1 unspecified atom stereocenters. The van der Waals surface area contributed by atoms with Gasteiger partial charge >= 0.3 is 6.03 Å². The number of anilines is 1. The molecule has 3 amide bonds. The molecule has 1 fully saturated rings. The van der Waals surface area contributed by atoms with Crippen LogP contribution in [0.25, 0.3) is 0 Å². The van der Waals surface area contributed by atoms with Crippen LogP contribution < -0.4 is 4.90 Å². The van der Waals surface area contributed by atoms with Crippen LogP contribution in [0, 0.1) is 0 Å². The lowest BCUT2D eigenvalue weighted by atomic mass is 9.91. The Kier molecular flexibility index (Phi) is 8.31. The lowest BCUT2D eigenvalue weighted by Crippen LogP contribution is -2.49. The summed E-state index contributed by atoms with van der Waals surface area (Å²) < 4.78 is 0.960. The van der Waals surface area contributed by atoms with Gasteiger partial charge in [0, 0.05) is 33.4 Å². The molecule has 0 bridgehead atoms. The zero-order valence-corrected chi connectivity index (χ0v) is 21.1. The van der Waals surface area contributed by atoms with E-state index in [1.54, 1.807) is 23.1 Å². The molecule has 1 atom stereocenters. The van der Waals surface area contributed by atoms with Crippen molar-refractivity contribution in [3.8, 4) is 0 Å². The van der Waals surface area contributed by atoms with Gasteiger partial charge in [-0.05, 0) is 55.7 Å². The van der Waals surface area contributed by atoms with Crippen molar-refractivity contribution in [2.45, 2.75) is 44.6 Å². The Morgan fingerprint density at radius 3 is 2.16 bits per heavy atom.